The van der Waals surface area contributed by atoms with Crippen LogP contribution in [0.4, 0.5) is 4.39 Å². The lowest BCUT2D eigenvalue weighted by molar-refractivity contribution is 0.369. The Morgan fingerprint density at radius 1 is 0.967 bits per heavy atom. The van der Waals surface area contributed by atoms with Gasteiger partial charge in [0.2, 0.25) is 0 Å². The van der Waals surface area contributed by atoms with Gasteiger partial charge in [0.15, 0.2) is 11.0 Å². The number of rotatable bonds is 6. The first-order valence-electron chi connectivity index (χ1n) is 10.1. The van der Waals surface area contributed by atoms with E-state index in [-0.39, 0.29) is 5.82 Å². The molecular weight excluding hydrogens is 399 g/mol. The summed E-state index contributed by atoms with van der Waals surface area (Å²) in [5, 5.41) is 13.8. The summed E-state index contributed by atoms with van der Waals surface area (Å²) in [6, 6.07) is 16.8. The van der Waals surface area contributed by atoms with E-state index in [1.165, 1.54) is 18.1 Å². The summed E-state index contributed by atoms with van der Waals surface area (Å²) < 4.78 is 22.0. The molecule has 5 rings (SSSR count). The van der Waals surface area contributed by atoms with Gasteiger partial charge in [-0.1, -0.05) is 59.4 Å². The van der Waals surface area contributed by atoms with Crippen LogP contribution in [0.15, 0.2) is 64.3 Å². The quantitative estimate of drug-likeness (QED) is 0.397. The van der Waals surface area contributed by atoms with E-state index in [0.717, 1.165) is 41.4 Å². The maximum atomic E-state index is 14.5. The molecule has 2 aromatic heterocycles. The fraction of sp³-hybridized carbons (Fsp3) is 0.261. The average molecular weight is 421 g/mol. The zero-order valence-corrected chi connectivity index (χ0v) is 17.2. The SMILES string of the molecule is Fc1ccccc1-c1nnc(SCc2noc3c2CCCC3)n1Cc1ccccc1. The number of halogens is 1. The van der Waals surface area contributed by atoms with E-state index in [1.807, 2.05) is 41.0 Å². The summed E-state index contributed by atoms with van der Waals surface area (Å²) in [6.45, 7) is 0.566. The molecule has 0 atom stereocenters. The zero-order valence-electron chi connectivity index (χ0n) is 16.4. The minimum atomic E-state index is -0.304. The number of hydrogen-bond acceptors (Lipinski definition) is 5. The van der Waals surface area contributed by atoms with E-state index in [9.17, 15) is 4.39 Å². The highest BCUT2D eigenvalue weighted by molar-refractivity contribution is 7.98. The summed E-state index contributed by atoms with van der Waals surface area (Å²) in [6.07, 6.45) is 4.32. The summed E-state index contributed by atoms with van der Waals surface area (Å²) >= 11 is 1.56. The third-order valence-corrected chi connectivity index (χ3v) is 6.36. The van der Waals surface area contributed by atoms with Crippen molar-refractivity contribution < 1.29 is 8.91 Å². The minimum Gasteiger partial charge on any atom is -0.361 e. The number of hydrogen-bond donors (Lipinski definition) is 0. The van der Waals surface area contributed by atoms with E-state index in [4.69, 9.17) is 4.52 Å². The van der Waals surface area contributed by atoms with Gasteiger partial charge in [-0.25, -0.2) is 4.39 Å². The first kappa shape index (κ1) is 19.1. The van der Waals surface area contributed by atoms with E-state index in [1.54, 1.807) is 23.9 Å². The van der Waals surface area contributed by atoms with Gasteiger partial charge in [0, 0.05) is 17.7 Å². The first-order chi connectivity index (χ1) is 14.8. The molecule has 2 aromatic carbocycles. The molecule has 4 aromatic rings. The van der Waals surface area contributed by atoms with Gasteiger partial charge in [-0.15, -0.1) is 10.2 Å². The molecule has 2 heterocycles. The van der Waals surface area contributed by atoms with Crippen LogP contribution >= 0.6 is 11.8 Å². The molecule has 0 radical (unpaired) electrons. The third kappa shape index (κ3) is 3.77. The molecule has 0 amide bonds. The van der Waals surface area contributed by atoms with Crippen LogP contribution in [0.1, 0.15) is 35.4 Å². The maximum absolute atomic E-state index is 14.5. The second-order valence-corrected chi connectivity index (χ2v) is 8.33. The number of benzene rings is 2. The van der Waals surface area contributed by atoms with Gasteiger partial charge in [-0.2, -0.15) is 0 Å². The Balaban J connectivity index is 1.47. The number of fused-ring (bicyclic) bond motifs is 1. The van der Waals surface area contributed by atoms with Crippen LogP contribution in [0.3, 0.4) is 0 Å². The molecule has 0 saturated carbocycles. The van der Waals surface area contributed by atoms with E-state index in [2.05, 4.69) is 15.4 Å². The van der Waals surface area contributed by atoms with Gasteiger partial charge >= 0.3 is 0 Å². The highest BCUT2D eigenvalue weighted by Crippen LogP contribution is 2.31. The Morgan fingerprint density at radius 3 is 2.63 bits per heavy atom. The highest BCUT2D eigenvalue weighted by Gasteiger charge is 2.22. The summed E-state index contributed by atoms with van der Waals surface area (Å²) in [5.41, 5.74) is 3.79. The molecule has 0 spiro atoms. The van der Waals surface area contributed by atoms with Crippen molar-refractivity contribution in [2.45, 2.75) is 43.1 Å². The molecule has 0 N–H and O–H groups in total. The molecule has 0 fully saturated rings. The Bertz CT molecular complexity index is 1160. The second-order valence-electron chi connectivity index (χ2n) is 7.38. The lowest BCUT2D eigenvalue weighted by Crippen LogP contribution is -2.05. The molecule has 152 valence electrons. The van der Waals surface area contributed by atoms with Gasteiger partial charge < -0.3 is 4.52 Å². The lowest BCUT2D eigenvalue weighted by atomic mass is 9.97. The van der Waals surface area contributed by atoms with Crippen LogP contribution in [0.5, 0.6) is 0 Å². The molecule has 0 unspecified atom stereocenters. The van der Waals surface area contributed by atoms with Gasteiger partial charge in [0.25, 0.3) is 0 Å². The van der Waals surface area contributed by atoms with Crippen LogP contribution in [0.2, 0.25) is 0 Å². The summed E-state index contributed by atoms with van der Waals surface area (Å²) in [5.74, 6) is 1.90. The van der Waals surface area contributed by atoms with Gasteiger partial charge in [0.1, 0.15) is 11.6 Å². The Hall–Kier alpha value is -2.93. The standard InChI is InChI=1S/C23H21FN4OS/c24-19-12-6-4-10-17(19)22-25-26-23(28(22)14-16-8-2-1-3-9-16)30-15-20-18-11-5-7-13-21(18)29-27-20/h1-4,6,8-10,12H,5,7,11,13-15H2. The van der Waals surface area contributed by atoms with E-state index < -0.39 is 0 Å². The van der Waals surface area contributed by atoms with Crippen LogP contribution < -0.4 is 0 Å². The molecule has 1 aliphatic carbocycles. The molecule has 0 saturated heterocycles. The summed E-state index contributed by atoms with van der Waals surface area (Å²) in [7, 11) is 0. The average Bonchev–Trinajstić information content (AvgIpc) is 3.37. The number of aromatic nitrogens is 4. The Labute approximate surface area is 178 Å². The lowest BCUT2D eigenvalue weighted by Gasteiger charge is -2.11. The number of thioether (sulfide) groups is 1. The van der Waals surface area contributed by atoms with Crippen molar-refractivity contribution in [3.8, 4) is 11.4 Å². The minimum absolute atomic E-state index is 0.304. The van der Waals surface area contributed by atoms with Crippen molar-refractivity contribution in [1.82, 2.24) is 19.9 Å². The predicted octanol–water partition coefficient (Wildman–Crippen LogP) is 5.29. The van der Waals surface area contributed by atoms with Crippen LogP contribution in [0.25, 0.3) is 11.4 Å². The van der Waals surface area contributed by atoms with Crippen molar-refractivity contribution in [3.63, 3.8) is 0 Å². The number of nitrogens with zero attached hydrogens (tertiary/aromatic N) is 4. The highest BCUT2D eigenvalue weighted by atomic mass is 32.2. The normalized spacial score (nSPS) is 13.4. The second kappa shape index (κ2) is 8.44. The smallest absolute Gasteiger partial charge is 0.192 e. The van der Waals surface area contributed by atoms with E-state index >= 15 is 0 Å². The molecule has 0 bridgehead atoms. The molecular formula is C23H21FN4OS. The van der Waals surface area contributed by atoms with Crippen molar-refractivity contribution in [1.29, 1.82) is 0 Å². The van der Waals surface area contributed by atoms with Crippen molar-refractivity contribution in [3.05, 3.63) is 83.0 Å². The fourth-order valence-corrected chi connectivity index (χ4v) is 4.74. The third-order valence-electron chi connectivity index (χ3n) is 5.38. The largest absolute Gasteiger partial charge is 0.361 e. The van der Waals surface area contributed by atoms with Gasteiger partial charge in [-0.05, 0) is 37.0 Å². The van der Waals surface area contributed by atoms with Gasteiger partial charge in [-0.3, -0.25) is 4.57 Å². The maximum Gasteiger partial charge on any atom is 0.192 e. The molecule has 30 heavy (non-hydrogen) atoms. The van der Waals surface area contributed by atoms with Crippen LogP contribution in [0, 0.1) is 5.82 Å². The van der Waals surface area contributed by atoms with E-state index in [0.29, 0.717) is 23.7 Å². The summed E-state index contributed by atoms with van der Waals surface area (Å²) in [4.78, 5) is 0. The fourth-order valence-electron chi connectivity index (χ4n) is 3.84. The Kier molecular flexibility index (Phi) is 5.36. The van der Waals surface area contributed by atoms with Crippen molar-refractivity contribution in [2.24, 2.45) is 0 Å². The molecule has 7 heteroatoms. The predicted molar refractivity (Wildman–Crippen MR) is 114 cm³/mol. The van der Waals surface area contributed by atoms with Crippen molar-refractivity contribution in [2.75, 3.05) is 0 Å². The van der Waals surface area contributed by atoms with Crippen LogP contribution in [-0.2, 0) is 25.1 Å². The molecule has 1 aliphatic rings. The first-order valence-corrected chi connectivity index (χ1v) is 11.1. The molecule has 5 nitrogen and oxygen atoms in total. The van der Waals surface area contributed by atoms with Crippen LogP contribution in [-0.4, -0.2) is 19.9 Å². The molecule has 0 aliphatic heterocycles. The number of aryl methyl sites for hydroxylation is 1. The topological polar surface area (TPSA) is 56.7 Å². The van der Waals surface area contributed by atoms with Crippen molar-refractivity contribution >= 4 is 11.8 Å². The Morgan fingerprint density at radius 2 is 1.77 bits per heavy atom. The van der Waals surface area contributed by atoms with Gasteiger partial charge in [0.05, 0.1) is 17.8 Å². The monoisotopic (exact) mass is 420 g/mol. The zero-order chi connectivity index (χ0) is 20.3.